The third-order valence-electron chi connectivity index (χ3n) is 9.17. The van der Waals surface area contributed by atoms with Crippen LogP contribution in [0, 0.1) is 0 Å². The topological polar surface area (TPSA) is 55.9 Å². The molecule has 0 spiro atoms. The van der Waals surface area contributed by atoms with E-state index in [-0.39, 0.29) is 11.8 Å². The standard InChI is InChI=1S/C32H52N4O2/c1-25(2)34-20-10-5-4-6-11-21-35(26(3)37)31-17-16-27(23-28(31)24-34)32(38)33-19-18-30-15-9-12-22-36(30)29-13-7-8-14-29/h16-17,23,25,29-30H,4-15,18-22,24H2,1-3H3,(H,33,38). The molecule has 2 heterocycles. The van der Waals surface area contributed by atoms with Crippen LogP contribution in [0.15, 0.2) is 18.2 Å². The molecule has 2 aliphatic heterocycles. The normalized spacial score (nSPS) is 23.1. The molecule has 1 aromatic rings. The van der Waals surface area contributed by atoms with Crippen molar-refractivity contribution in [2.45, 2.75) is 129 Å². The number of benzene rings is 1. The molecule has 6 nitrogen and oxygen atoms in total. The monoisotopic (exact) mass is 524 g/mol. The van der Waals surface area contributed by atoms with Gasteiger partial charge in [-0.1, -0.05) is 38.5 Å². The zero-order chi connectivity index (χ0) is 26.9. The molecule has 0 radical (unpaired) electrons. The molecule has 6 heteroatoms. The van der Waals surface area contributed by atoms with Gasteiger partial charge in [0.25, 0.3) is 5.91 Å². The molecule has 2 fully saturated rings. The van der Waals surface area contributed by atoms with Crippen molar-refractivity contribution >= 4 is 17.5 Å². The number of carbonyl (C=O) groups is 2. The zero-order valence-electron chi connectivity index (χ0n) is 24.4. The SMILES string of the molecule is CC(=O)N1CCCCCCCN(C(C)C)Cc2cc(C(=O)NCCC3CCCCN3C3CCCC3)ccc21. The van der Waals surface area contributed by atoms with Crippen LogP contribution in [0.1, 0.15) is 120 Å². The van der Waals surface area contributed by atoms with E-state index < -0.39 is 0 Å². The van der Waals surface area contributed by atoms with E-state index in [4.69, 9.17) is 0 Å². The summed E-state index contributed by atoms with van der Waals surface area (Å²) < 4.78 is 0. The van der Waals surface area contributed by atoms with Crippen molar-refractivity contribution in [2.75, 3.05) is 31.1 Å². The first-order valence-corrected chi connectivity index (χ1v) is 15.6. The van der Waals surface area contributed by atoms with Gasteiger partial charge in [0.2, 0.25) is 5.91 Å². The fourth-order valence-corrected chi connectivity index (χ4v) is 6.92. The average Bonchev–Trinajstić information content (AvgIpc) is 3.43. The van der Waals surface area contributed by atoms with E-state index in [0.717, 1.165) is 62.7 Å². The quantitative estimate of drug-likeness (QED) is 0.486. The Hall–Kier alpha value is -1.92. The maximum atomic E-state index is 13.3. The van der Waals surface area contributed by atoms with Crippen molar-refractivity contribution in [3.05, 3.63) is 29.3 Å². The second-order valence-electron chi connectivity index (χ2n) is 12.2. The molecule has 212 valence electrons. The van der Waals surface area contributed by atoms with Gasteiger partial charge in [-0.3, -0.25) is 19.4 Å². The molecule has 4 rings (SSSR count). The zero-order valence-corrected chi connectivity index (χ0v) is 24.4. The van der Waals surface area contributed by atoms with E-state index in [1.165, 1.54) is 70.8 Å². The van der Waals surface area contributed by atoms with Gasteiger partial charge in [-0.25, -0.2) is 0 Å². The number of likely N-dealkylation sites (tertiary alicyclic amines) is 1. The highest BCUT2D eigenvalue weighted by Gasteiger charge is 2.30. The van der Waals surface area contributed by atoms with Crippen LogP contribution < -0.4 is 10.2 Å². The summed E-state index contributed by atoms with van der Waals surface area (Å²) in [5, 5.41) is 3.24. The van der Waals surface area contributed by atoms with E-state index in [1.54, 1.807) is 6.92 Å². The van der Waals surface area contributed by atoms with Crippen LogP contribution in [0.4, 0.5) is 5.69 Å². The number of hydrogen-bond donors (Lipinski definition) is 1. The minimum atomic E-state index is 0.00705. The second kappa shape index (κ2) is 14.5. The first kappa shape index (κ1) is 29.1. The number of piperidine rings is 1. The molecule has 1 saturated carbocycles. The van der Waals surface area contributed by atoms with Gasteiger partial charge in [-0.05, 0) is 95.6 Å². The number of carbonyl (C=O) groups excluding carboxylic acids is 2. The van der Waals surface area contributed by atoms with Crippen molar-refractivity contribution in [1.82, 2.24) is 15.1 Å². The third-order valence-corrected chi connectivity index (χ3v) is 9.17. The van der Waals surface area contributed by atoms with Crippen LogP contribution in [-0.4, -0.2) is 65.9 Å². The summed E-state index contributed by atoms with van der Waals surface area (Å²) in [4.78, 5) is 33.1. The predicted octanol–water partition coefficient (Wildman–Crippen LogP) is 6.13. The summed E-state index contributed by atoms with van der Waals surface area (Å²) in [6, 6.07) is 7.76. The molecular formula is C32H52N4O2. The molecular weight excluding hydrogens is 472 g/mol. The largest absolute Gasteiger partial charge is 0.352 e. The number of nitrogens with zero attached hydrogens (tertiary/aromatic N) is 3. The molecule has 1 aliphatic carbocycles. The van der Waals surface area contributed by atoms with Crippen molar-refractivity contribution < 1.29 is 9.59 Å². The summed E-state index contributed by atoms with van der Waals surface area (Å²) >= 11 is 0. The van der Waals surface area contributed by atoms with E-state index in [2.05, 4.69) is 29.0 Å². The smallest absolute Gasteiger partial charge is 0.251 e. The van der Waals surface area contributed by atoms with Gasteiger partial charge in [-0.15, -0.1) is 0 Å². The maximum Gasteiger partial charge on any atom is 0.251 e. The van der Waals surface area contributed by atoms with Crippen molar-refractivity contribution in [3.63, 3.8) is 0 Å². The predicted molar refractivity (Wildman–Crippen MR) is 157 cm³/mol. The third kappa shape index (κ3) is 7.81. The fraction of sp³-hybridized carbons (Fsp3) is 0.750. The van der Waals surface area contributed by atoms with Gasteiger partial charge in [0.15, 0.2) is 0 Å². The van der Waals surface area contributed by atoms with Crippen LogP contribution in [0.25, 0.3) is 0 Å². The van der Waals surface area contributed by atoms with E-state index >= 15 is 0 Å². The first-order valence-electron chi connectivity index (χ1n) is 15.6. The van der Waals surface area contributed by atoms with E-state index in [0.29, 0.717) is 17.6 Å². The van der Waals surface area contributed by atoms with Crippen LogP contribution >= 0.6 is 0 Å². The van der Waals surface area contributed by atoms with Crippen LogP contribution in [0.2, 0.25) is 0 Å². The Bertz CT molecular complexity index is 911. The Kier molecular flexibility index (Phi) is 11.1. The van der Waals surface area contributed by atoms with Crippen LogP contribution in [-0.2, 0) is 11.3 Å². The van der Waals surface area contributed by atoms with E-state index in [1.807, 2.05) is 23.1 Å². The fourth-order valence-electron chi connectivity index (χ4n) is 6.92. The summed E-state index contributed by atoms with van der Waals surface area (Å²) in [6.07, 6.45) is 16.2. The van der Waals surface area contributed by atoms with E-state index in [9.17, 15) is 9.59 Å². The molecule has 1 atom stereocenters. The number of fused-ring (bicyclic) bond motifs is 1. The second-order valence-corrected chi connectivity index (χ2v) is 12.2. The van der Waals surface area contributed by atoms with Gasteiger partial charge < -0.3 is 10.2 Å². The first-order chi connectivity index (χ1) is 18.4. The molecule has 3 aliphatic rings. The highest BCUT2D eigenvalue weighted by atomic mass is 16.2. The highest BCUT2D eigenvalue weighted by molar-refractivity contribution is 5.97. The minimum Gasteiger partial charge on any atom is -0.352 e. The molecule has 1 aromatic carbocycles. The number of anilines is 1. The highest BCUT2D eigenvalue weighted by Crippen LogP contribution is 2.31. The van der Waals surface area contributed by atoms with Gasteiger partial charge in [0.05, 0.1) is 0 Å². The Balaban J connectivity index is 1.46. The Labute approximate surface area is 231 Å². The average molecular weight is 525 g/mol. The Morgan fingerprint density at radius 3 is 2.32 bits per heavy atom. The lowest BCUT2D eigenvalue weighted by Gasteiger charge is -2.40. The van der Waals surface area contributed by atoms with Gasteiger partial charge in [0.1, 0.15) is 0 Å². The molecule has 38 heavy (non-hydrogen) atoms. The number of hydrogen-bond acceptors (Lipinski definition) is 4. The Morgan fingerprint density at radius 1 is 0.895 bits per heavy atom. The van der Waals surface area contributed by atoms with Gasteiger partial charge in [-0.2, -0.15) is 0 Å². The Morgan fingerprint density at radius 2 is 1.58 bits per heavy atom. The lowest BCUT2D eigenvalue weighted by molar-refractivity contribution is -0.116. The van der Waals surface area contributed by atoms with Crippen LogP contribution in [0.3, 0.4) is 0 Å². The maximum absolute atomic E-state index is 13.3. The summed E-state index contributed by atoms with van der Waals surface area (Å²) in [5.74, 6) is 0.0866. The number of rotatable bonds is 6. The summed E-state index contributed by atoms with van der Waals surface area (Å²) in [6.45, 7) is 10.7. The molecule has 0 bridgehead atoms. The minimum absolute atomic E-state index is 0.00705. The van der Waals surface area contributed by atoms with Crippen molar-refractivity contribution in [3.8, 4) is 0 Å². The lowest BCUT2D eigenvalue weighted by Crippen LogP contribution is -2.46. The molecule has 0 aromatic heterocycles. The van der Waals surface area contributed by atoms with Crippen molar-refractivity contribution in [1.29, 1.82) is 0 Å². The van der Waals surface area contributed by atoms with Crippen LogP contribution in [0.5, 0.6) is 0 Å². The number of amides is 2. The number of nitrogens with one attached hydrogen (secondary N) is 1. The summed E-state index contributed by atoms with van der Waals surface area (Å²) in [5.41, 5.74) is 2.76. The lowest BCUT2D eigenvalue weighted by atomic mass is 9.96. The summed E-state index contributed by atoms with van der Waals surface area (Å²) in [7, 11) is 0. The van der Waals surface area contributed by atoms with Gasteiger partial charge >= 0.3 is 0 Å². The van der Waals surface area contributed by atoms with Gasteiger partial charge in [0, 0.05) is 55.9 Å². The molecule has 2 amide bonds. The molecule has 1 N–H and O–H groups in total. The molecule has 1 unspecified atom stereocenters. The van der Waals surface area contributed by atoms with Crippen molar-refractivity contribution in [2.24, 2.45) is 0 Å². The molecule has 1 saturated heterocycles.